The van der Waals surface area contributed by atoms with Gasteiger partial charge in [0.25, 0.3) is 0 Å². The number of rotatable bonds is 8. The molecule has 5 heteroatoms. The Morgan fingerprint density at radius 3 is 2.47 bits per heavy atom. The minimum atomic E-state index is -0.394. The van der Waals surface area contributed by atoms with Crippen molar-refractivity contribution in [3.8, 4) is 0 Å². The summed E-state index contributed by atoms with van der Waals surface area (Å²) < 4.78 is 4.51. The van der Waals surface area contributed by atoms with Gasteiger partial charge in [-0.15, -0.1) is 0 Å². The van der Waals surface area contributed by atoms with E-state index in [1.54, 1.807) is 7.05 Å². The Morgan fingerprint density at radius 2 is 2.00 bits per heavy atom. The Hall–Kier alpha value is -1.10. The molecule has 0 aromatic carbocycles. The van der Waals surface area contributed by atoms with Crippen LogP contribution in [0.5, 0.6) is 0 Å². The summed E-state index contributed by atoms with van der Waals surface area (Å²) in [7, 11) is 2.93. The molecule has 1 unspecified atom stereocenters. The van der Waals surface area contributed by atoms with Gasteiger partial charge in [-0.25, -0.2) is 0 Å². The summed E-state index contributed by atoms with van der Waals surface area (Å²) in [6.45, 7) is 2.77. The number of nitrogens with two attached hydrogens (primary N) is 1. The van der Waals surface area contributed by atoms with Crippen molar-refractivity contribution in [2.45, 2.75) is 32.6 Å². The molecule has 0 bridgehead atoms. The first-order valence-corrected chi connectivity index (χ1v) is 6.05. The second-order valence-corrected chi connectivity index (χ2v) is 4.22. The van der Waals surface area contributed by atoms with E-state index in [-0.39, 0.29) is 12.5 Å². The molecule has 0 saturated heterocycles. The van der Waals surface area contributed by atoms with Gasteiger partial charge in [0, 0.05) is 13.5 Å². The molecule has 0 heterocycles. The van der Waals surface area contributed by atoms with Crippen LogP contribution in [0.4, 0.5) is 0 Å². The fourth-order valence-electron chi connectivity index (χ4n) is 1.65. The minimum absolute atomic E-state index is 0.0169. The number of esters is 1. The molecule has 0 aliphatic rings. The fourth-order valence-corrected chi connectivity index (χ4v) is 1.65. The van der Waals surface area contributed by atoms with Crippen LogP contribution in [0.3, 0.4) is 0 Å². The number of ether oxygens (including phenoxy) is 1. The van der Waals surface area contributed by atoms with Crippen molar-refractivity contribution >= 4 is 11.9 Å². The lowest BCUT2D eigenvalue weighted by Gasteiger charge is -2.18. The molecule has 0 saturated carbocycles. The van der Waals surface area contributed by atoms with Crippen molar-refractivity contribution < 1.29 is 14.3 Å². The lowest BCUT2D eigenvalue weighted by molar-refractivity contribution is -0.146. The average molecular weight is 244 g/mol. The Kier molecular flexibility index (Phi) is 8.40. The third-order valence-corrected chi connectivity index (χ3v) is 2.94. The van der Waals surface area contributed by atoms with E-state index in [1.807, 2.05) is 0 Å². The summed E-state index contributed by atoms with van der Waals surface area (Å²) in [4.78, 5) is 24.1. The molecule has 0 rings (SSSR count). The van der Waals surface area contributed by atoms with Gasteiger partial charge < -0.3 is 15.4 Å². The van der Waals surface area contributed by atoms with Crippen molar-refractivity contribution in [2.24, 2.45) is 11.7 Å². The molecule has 0 spiro atoms. The fraction of sp³-hybridized carbons (Fsp3) is 0.833. The molecular formula is C12H24N2O3. The zero-order valence-electron chi connectivity index (χ0n) is 11.1. The summed E-state index contributed by atoms with van der Waals surface area (Å²) in [5.74, 6) is 0.0798. The predicted octanol–water partition coefficient (Wildman–Crippen LogP) is 0.773. The van der Waals surface area contributed by atoms with Crippen LogP contribution in [0, 0.1) is 5.92 Å². The van der Waals surface area contributed by atoms with E-state index in [2.05, 4.69) is 11.7 Å². The van der Waals surface area contributed by atoms with Crippen molar-refractivity contribution in [1.29, 1.82) is 0 Å². The monoisotopic (exact) mass is 244 g/mol. The highest BCUT2D eigenvalue weighted by Crippen LogP contribution is 2.15. The minimum Gasteiger partial charge on any atom is -0.468 e. The normalized spacial score (nSPS) is 12.0. The molecule has 1 atom stereocenters. The van der Waals surface area contributed by atoms with Crippen LogP contribution >= 0.6 is 0 Å². The first-order valence-electron chi connectivity index (χ1n) is 6.05. The van der Waals surface area contributed by atoms with Crippen molar-refractivity contribution in [2.75, 3.05) is 27.2 Å². The molecule has 17 heavy (non-hydrogen) atoms. The van der Waals surface area contributed by atoms with Crippen LogP contribution in [0.15, 0.2) is 0 Å². The van der Waals surface area contributed by atoms with Gasteiger partial charge in [-0.1, -0.05) is 13.3 Å². The lowest BCUT2D eigenvalue weighted by Crippen LogP contribution is -2.32. The number of carbonyl (C=O) groups is 2. The highest BCUT2D eigenvalue weighted by atomic mass is 16.5. The molecule has 2 N–H and O–H groups in total. The van der Waals surface area contributed by atoms with E-state index in [0.717, 1.165) is 19.3 Å². The Balaban J connectivity index is 3.95. The van der Waals surface area contributed by atoms with Crippen LogP contribution in [0.1, 0.15) is 32.6 Å². The molecule has 5 nitrogen and oxygen atoms in total. The van der Waals surface area contributed by atoms with Gasteiger partial charge in [-0.3, -0.25) is 9.59 Å². The number of hydrogen-bond acceptors (Lipinski definition) is 4. The maximum atomic E-state index is 11.7. The van der Waals surface area contributed by atoms with E-state index in [4.69, 9.17) is 5.73 Å². The lowest BCUT2D eigenvalue weighted by atomic mass is 9.96. The molecule has 0 aromatic heterocycles. The van der Waals surface area contributed by atoms with Gasteiger partial charge in [-0.05, 0) is 25.3 Å². The first-order chi connectivity index (χ1) is 8.04. The largest absolute Gasteiger partial charge is 0.468 e. The number of nitrogens with zero attached hydrogens (tertiary/aromatic N) is 1. The summed E-state index contributed by atoms with van der Waals surface area (Å²) in [5.41, 5.74) is 5.50. The number of amides is 1. The smallest absolute Gasteiger partial charge is 0.325 e. The summed E-state index contributed by atoms with van der Waals surface area (Å²) in [6.07, 6.45) is 3.28. The van der Waals surface area contributed by atoms with Crippen LogP contribution in [-0.2, 0) is 14.3 Å². The molecule has 0 aromatic rings. The van der Waals surface area contributed by atoms with E-state index >= 15 is 0 Å². The molecule has 0 aliphatic heterocycles. The third-order valence-electron chi connectivity index (χ3n) is 2.94. The zero-order chi connectivity index (χ0) is 13.3. The first kappa shape index (κ1) is 15.9. The molecule has 0 radical (unpaired) electrons. The number of hydrogen-bond donors (Lipinski definition) is 1. The van der Waals surface area contributed by atoms with Crippen LogP contribution < -0.4 is 5.73 Å². The predicted molar refractivity (Wildman–Crippen MR) is 66.3 cm³/mol. The van der Waals surface area contributed by atoms with E-state index in [9.17, 15) is 9.59 Å². The van der Waals surface area contributed by atoms with Crippen molar-refractivity contribution in [3.63, 3.8) is 0 Å². The van der Waals surface area contributed by atoms with Crippen molar-refractivity contribution in [1.82, 2.24) is 4.90 Å². The second kappa shape index (κ2) is 8.98. The Morgan fingerprint density at radius 1 is 1.35 bits per heavy atom. The van der Waals surface area contributed by atoms with E-state index < -0.39 is 5.97 Å². The highest BCUT2D eigenvalue weighted by molar-refractivity contribution is 5.81. The number of likely N-dealkylation sites (N-methyl/N-ethyl adjacent to an activating group) is 1. The zero-order valence-corrected chi connectivity index (χ0v) is 11.1. The van der Waals surface area contributed by atoms with Gasteiger partial charge in [0.1, 0.15) is 6.54 Å². The highest BCUT2D eigenvalue weighted by Gasteiger charge is 2.14. The van der Waals surface area contributed by atoms with Crippen LogP contribution in [0.25, 0.3) is 0 Å². The standard InChI is InChI=1S/C12H24N2O3/c1-4-10(7-8-13)5-6-11(15)14(2)9-12(16)17-3/h10H,4-9,13H2,1-3H3. The average Bonchev–Trinajstić information content (AvgIpc) is 2.33. The maximum absolute atomic E-state index is 11.7. The number of methoxy groups -OCH3 is 1. The SMILES string of the molecule is CCC(CCN)CCC(=O)N(C)CC(=O)OC. The molecule has 0 fully saturated rings. The third kappa shape index (κ3) is 6.94. The maximum Gasteiger partial charge on any atom is 0.325 e. The van der Waals surface area contributed by atoms with Gasteiger partial charge in [0.2, 0.25) is 5.91 Å². The van der Waals surface area contributed by atoms with Gasteiger partial charge >= 0.3 is 5.97 Å². The summed E-state index contributed by atoms with van der Waals surface area (Å²) in [6, 6.07) is 0. The Bertz CT molecular complexity index is 244. The number of carbonyl (C=O) groups excluding carboxylic acids is 2. The van der Waals surface area contributed by atoms with Gasteiger partial charge in [-0.2, -0.15) is 0 Å². The Labute approximate surface area is 103 Å². The summed E-state index contributed by atoms with van der Waals surface area (Å²) in [5, 5.41) is 0. The van der Waals surface area contributed by atoms with Crippen LogP contribution in [0.2, 0.25) is 0 Å². The molecular weight excluding hydrogens is 220 g/mol. The molecule has 1 amide bonds. The van der Waals surface area contributed by atoms with Gasteiger partial charge in [0.05, 0.1) is 7.11 Å². The van der Waals surface area contributed by atoms with E-state index in [0.29, 0.717) is 18.9 Å². The van der Waals surface area contributed by atoms with E-state index in [1.165, 1.54) is 12.0 Å². The second-order valence-electron chi connectivity index (χ2n) is 4.22. The van der Waals surface area contributed by atoms with Crippen LogP contribution in [-0.4, -0.2) is 44.0 Å². The summed E-state index contributed by atoms with van der Waals surface area (Å²) >= 11 is 0. The topological polar surface area (TPSA) is 72.6 Å². The molecule has 0 aliphatic carbocycles. The quantitative estimate of drug-likeness (QED) is 0.640. The van der Waals surface area contributed by atoms with Crippen molar-refractivity contribution in [3.05, 3.63) is 0 Å². The van der Waals surface area contributed by atoms with Gasteiger partial charge in [0.15, 0.2) is 0 Å². The molecule has 100 valence electrons.